The quantitative estimate of drug-likeness (QED) is 0.428. The van der Waals surface area contributed by atoms with E-state index in [2.05, 4.69) is 4.74 Å². The number of carbonyl (C=O) groups excluding carboxylic acids is 4. The van der Waals surface area contributed by atoms with Gasteiger partial charge in [0, 0.05) is 0 Å². The van der Waals surface area contributed by atoms with E-state index >= 15 is 0 Å². The number of hydrogen-bond donors (Lipinski definition) is 0. The molecule has 3 aliphatic carbocycles. The SMILES string of the molecule is CC1C2CC(C3C[C@H]4C(=O)OC(=O)[C@H]4CC23)C1C(=O)OC=O. The molecule has 4 rings (SSSR count). The smallest absolute Gasteiger partial charge is 0.317 e. The number of esters is 3. The van der Waals surface area contributed by atoms with Gasteiger partial charge in [-0.15, -0.1) is 0 Å². The predicted octanol–water partition coefficient (Wildman–Crippen LogP) is 0.930. The molecule has 8 atom stereocenters. The fourth-order valence-electron chi connectivity index (χ4n) is 5.87. The van der Waals surface area contributed by atoms with Gasteiger partial charge >= 0.3 is 24.4 Å². The molecule has 6 unspecified atom stereocenters. The van der Waals surface area contributed by atoms with Crippen LogP contribution in [0.5, 0.6) is 0 Å². The van der Waals surface area contributed by atoms with Crippen molar-refractivity contribution in [2.24, 2.45) is 47.3 Å². The molecule has 22 heavy (non-hydrogen) atoms. The van der Waals surface area contributed by atoms with E-state index in [-0.39, 0.29) is 47.9 Å². The van der Waals surface area contributed by atoms with Crippen LogP contribution in [0.1, 0.15) is 26.2 Å². The summed E-state index contributed by atoms with van der Waals surface area (Å²) in [7, 11) is 0. The lowest BCUT2D eigenvalue weighted by Crippen LogP contribution is -2.44. The van der Waals surface area contributed by atoms with Gasteiger partial charge in [0.25, 0.3) is 0 Å². The number of hydrogen-bond acceptors (Lipinski definition) is 6. The average Bonchev–Trinajstić information content (AvgIpc) is 3.09. The first-order valence-corrected chi connectivity index (χ1v) is 7.92. The average molecular weight is 306 g/mol. The lowest BCUT2D eigenvalue weighted by molar-refractivity contribution is -0.160. The minimum atomic E-state index is -0.444. The van der Waals surface area contributed by atoms with Gasteiger partial charge in [-0.1, -0.05) is 6.92 Å². The lowest BCUT2D eigenvalue weighted by Gasteiger charge is -2.43. The number of fused-ring (bicyclic) bond motifs is 6. The van der Waals surface area contributed by atoms with Crippen molar-refractivity contribution >= 4 is 24.4 Å². The largest absolute Gasteiger partial charge is 0.395 e. The Morgan fingerprint density at radius 1 is 1.05 bits per heavy atom. The molecule has 0 aromatic rings. The zero-order valence-corrected chi connectivity index (χ0v) is 12.3. The van der Waals surface area contributed by atoms with E-state index in [0.29, 0.717) is 24.7 Å². The van der Waals surface area contributed by atoms with Gasteiger partial charge in [-0.05, 0) is 48.9 Å². The van der Waals surface area contributed by atoms with Crippen molar-refractivity contribution in [3.8, 4) is 0 Å². The summed E-state index contributed by atoms with van der Waals surface area (Å²) in [6.07, 6.45) is 2.25. The first kappa shape index (κ1) is 13.9. The number of cyclic esters (lactones) is 2. The third kappa shape index (κ3) is 1.66. The number of ether oxygens (including phenoxy) is 2. The summed E-state index contributed by atoms with van der Waals surface area (Å²) < 4.78 is 9.38. The molecule has 3 saturated carbocycles. The van der Waals surface area contributed by atoms with Crippen molar-refractivity contribution in [2.75, 3.05) is 0 Å². The Morgan fingerprint density at radius 3 is 2.23 bits per heavy atom. The molecular formula is C16H18O6. The molecule has 0 aromatic heterocycles. The summed E-state index contributed by atoms with van der Waals surface area (Å²) in [5.41, 5.74) is 0. The second-order valence-corrected chi connectivity index (χ2v) is 7.23. The lowest BCUT2D eigenvalue weighted by atomic mass is 9.59. The zero-order valence-electron chi connectivity index (χ0n) is 12.3. The van der Waals surface area contributed by atoms with Gasteiger partial charge in [-0.25, -0.2) is 0 Å². The maximum absolute atomic E-state index is 12.1. The molecule has 4 aliphatic rings. The number of rotatable bonds is 2. The van der Waals surface area contributed by atoms with Crippen LogP contribution in [-0.4, -0.2) is 24.4 Å². The molecule has 0 N–H and O–H groups in total. The van der Waals surface area contributed by atoms with Gasteiger partial charge in [0.1, 0.15) is 0 Å². The highest BCUT2D eigenvalue weighted by Gasteiger charge is 2.63. The van der Waals surface area contributed by atoms with E-state index in [0.717, 1.165) is 6.42 Å². The Bertz CT molecular complexity index is 569. The fraction of sp³-hybridized carbons (Fsp3) is 0.750. The second kappa shape index (κ2) is 4.64. The van der Waals surface area contributed by atoms with Crippen LogP contribution < -0.4 is 0 Å². The molecule has 6 heteroatoms. The molecule has 0 spiro atoms. The van der Waals surface area contributed by atoms with E-state index in [1.165, 1.54) is 0 Å². The molecule has 118 valence electrons. The number of carbonyl (C=O) groups is 4. The molecule has 0 aromatic carbocycles. The highest BCUT2D eigenvalue weighted by Crippen LogP contribution is 2.64. The maximum atomic E-state index is 12.1. The molecule has 0 amide bonds. The van der Waals surface area contributed by atoms with E-state index in [4.69, 9.17) is 4.74 Å². The van der Waals surface area contributed by atoms with Gasteiger partial charge in [-0.3, -0.25) is 19.2 Å². The Morgan fingerprint density at radius 2 is 1.64 bits per heavy atom. The molecule has 1 saturated heterocycles. The third-order valence-electron chi connectivity index (χ3n) is 6.68. The molecule has 6 nitrogen and oxygen atoms in total. The van der Waals surface area contributed by atoms with Crippen molar-refractivity contribution in [3.05, 3.63) is 0 Å². The van der Waals surface area contributed by atoms with Crippen LogP contribution in [0.25, 0.3) is 0 Å². The van der Waals surface area contributed by atoms with Crippen molar-refractivity contribution in [2.45, 2.75) is 26.2 Å². The van der Waals surface area contributed by atoms with Crippen molar-refractivity contribution in [1.82, 2.24) is 0 Å². The van der Waals surface area contributed by atoms with Gasteiger partial charge in [0.15, 0.2) is 0 Å². The summed E-state index contributed by atoms with van der Waals surface area (Å²) in [6, 6.07) is 0. The van der Waals surface area contributed by atoms with Crippen LogP contribution >= 0.6 is 0 Å². The first-order chi connectivity index (χ1) is 10.5. The van der Waals surface area contributed by atoms with Crippen molar-refractivity contribution in [3.63, 3.8) is 0 Å². The zero-order chi connectivity index (χ0) is 15.6. The van der Waals surface area contributed by atoms with E-state index in [1.807, 2.05) is 6.92 Å². The highest BCUT2D eigenvalue weighted by molar-refractivity contribution is 5.96. The minimum absolute atomic E-state index is 0.155. The van der Waals surface area contributed by atoms with Crippen molar-refractivity contribution < 1.29 is 28.7 Å². The molecule has 1 heterocycles. The van der Waals surface area contributed by atoms with Gasteiger partial charge < -0.3 is 9.47 Å². The third-order valence-corrected chi connectivity index (χ3v) is 6.68. The summed E-state index contributed by atoms with van der Waals surface area (Å²) in [5, 5.41) is 0. The Balaban J connectivity index is 1.60. The van der Waals surface area contributed by atoms with Gasteiger partial charge in [-0.2, -0.15) is 0 Å². The second-order valence-electron chi connectivity index (χ2n) is 7.23. The molecule has 4 fully saturated rings. The van der Waals surface area contributed by atoms with E-state index in [1.54, 1.807) is 0 Å². The van der Waals surface area contributed by atoms with Gasteiger partial charge in [0.2, 0.25) is 0 Å². The molecule has 1 aliphatic heterocycles. The van der Waals surface area contributed by atoms with Gasteiger partial charge in [0.05, 0.1) is 17.8 Å². The summed E-state index contributed by atoms with van der Waals surface area (Å²) in [4.78, 5) is 46.1. The van der Waals surface area contributed by atoms with Crippen molar-refractivity contribution in [1.29, 1.82) is 0 Å². The van der Waals surface area contributed by atoms with E-state index in [9.17, 15) is 19.2 Å². The highest BCUT2D eigenvalue weighted by atomic mass is 16.6. The van der Waals surface area contributed by atoms with Crippen LogP contribution in [0.2, 0.25) is 0 Å². The monoisotopic (exact) mass is 306 g/mol. The molecular weight excluding hydrogens is 288 g/mol. The predicted molar refractivity (Wildman–Crippen MR) is 70.7 cm³/mol. The summed E-state index contributed by atoms with van der Waals surface area (Å²) >= 11 is 0. The normalized spacial score (nSPS) is 48.6. The van der Waals surface area contributed by atoms with Crippen LogP contribution in [0, 0.1) is 47.3 Å². The van der Waals surface area contributed by atoms with E-state index < -0.39 is 11.9 Å². The Hall–Kier alpha value is -1.72. The molecule has 0 radical (unpaired) electrons. The standard InChI is InChI=1S/C16H18O6/c1-6-7-2-10(13(6)16(20)21-5-17)9-4-12-11(3-8(7)9)14(18)22-15(12)19/h5-13H,2-4H2,1H3/t6?,7?,8?,9?,10?,11-,12+,13?/m0/s1. The summed E-state index contributed by atoms with van der Waals surface area (Å²) in [6.45, 7) is 2.23. The van der Waals surface area contributed by atoms with Crippen LogP contribution in [-0.2, 0) is 28.7 Å². The molecule has 2 bridgehead atoms. The minimum Gasteiger partial charge on any atom is -0.395 e. The van der Waals surface area contributed by atoms with Crippen LogP contribution in [0.3, 0.4) is 0 Å². The Kier molecular flexibility index (Phi) is 2.93. The fourth-order valence-corrected chi connectivity index (χ4v) is 5.87. The topological polar surface area (TPSA) is 86.7 Å². The van der Waals surface area contributed by atoms with Crippen LogP contribution in [0.15, 0.2) is 0 Å². The first-order valence-electron chi connectivity index (χ1n) is 7.92. The maximum Gasteiger partial charge on any atom is 0.317 e. The van der Waals surface area contributed by atoms with Crippen LogP contribution in [0.4, 0.5) is 0 Å². The Labute approximate surface area is 127 Å². The summed E-state index contributed by atoms with van der Waals surface area (Å²) in [5.74, 6) is -0.815.